The Balaban J connectivity index is 2.07. The Bertz CT molecular complexity index is 531. The smallest absolute Gasteiger partial charge is 0.151 e. The molecular formula is C12H17FN2O2S. The standard InChI is InChI=1S/C12H17FN2O2S/c13-11-2-3-12(14)10(8-11)9-15-4-1-6-18(16,17)7-5-15/h2-3,8H,1,4-7,9,14H2. The van der Waals surface area contributed by atoms with Crippen molar-refractivity contribution in [3.05, 3.63) is 29.6 Å². The fourth-order valence-corrected chi connectivity index (χ4v) is 3.41. The Morgan fingerprint density at radius 3 is 2.83 bits per heavy atom. The van der Waals surface area contributed by atoms with Gasteiger partial charge in [-0.3, -0.25) is 4.90 Å². The van der Waals surface area contributed by atoms with Crippen molar-refractivity contribution in [1.29, 1.82) is 0 Å². The highest BCUT2D eigenvalue weighted by atomic mass is 32.2. The van der Waals surface area contributed by atoms with E-state index in [0.29, 0.717) is 37.3 Å². The predicted molar refractivity (Wildman–Crippen MR) is 69.4 cm³/mol. The van der Waals surface area contributed by atoms with Crippen LogP contribution in [0.1, 0.15) is 12.0 Å². The second-order valence-corrected chi connectivity index (χ2v) is 6.93. The molecule has 1 saturated heterocycles. The SMILES string of the molecule is Nc1ccc(F)cc1CN1CCCS(=O)(=O)CC1. The number of benzene rings is 1. The molecule has 0 aliphatic carbocycles. The quantitative estimate of drug-likeness (QED) is 0.817. The number of sulfone groups is 1. The molecule has 1 fully saturated rings. The number of hydrogen-bond acceptors (Lipinski definition) is 4. The summed E-state index contributed by atoms with van der Waals surface area (Å²) < 4.78 is 36.1. The van der Waals surface area contributed by atoms with Gasteiger partial charge < -0.3 is 5.73 Å². The topological polar surface area (TPSA) is 63.4 Å². The molecule has 2 N–H and O–H groups in total. The third-order valence-corrected chi connectivity index (χ3v) is 4.86. The Hall–Kier alpha value is -1.14. The molecule has 1 aromatic rings. The number of anilines is 1. The zero-order valence-electron chi connectivity index (χ0n) is 10.1. The molecule has 0 atom stereocenters. The zero-order chi connectivity index (χ0) is 13.2. The van der Waals surface area contributed by atoms with E-state index in [1.807, 2.05) is 4.90 Å². The van der Waals surface area contributed by atoms with E-state index in [1.165, 1.54) is 12.1 Å². The van der Waals surface area contributed by atoms with E-state index in [9.17, 15) is 12.8 Å². The molecule has 0 spiro atoms. The minimum absolute atomic E-state index is 0.169. The second kappa shape index (κ2) is 5.24. The van der Waals surface area contributed by atoms with Crippen LogP contribution in [-0.4, -0.2) is 37.9 Å². The predicted octanol–water partition coefficient (Wildman–Crippen LogP) is 1.03. The molecule has 0 amide bonds. The van der Waals surface area contributed by atoms with Gasteiger partial charge in [-0.05, 0) is 36.7 Å². The van der Waals surface area contributed by atoms with Gasteiger partial charge in [0.2, 0.25) is 0 Å². The van der Waals surface area contributed by atoms with Crippen LogP contribution in [-0.2, 0) is 16.4 Å². The second-order valence-electron chi connectivity index (χ2n) is 4.62. The largest absolute Gasteiger partial charge is 0.398 e. The summed E-state index contributed by atoms with van der Waals surface area (Å²) in [6, 6.07) is 4.28. The van der Waals surface area contributed by atoms with Crippen LogP contribution in [0.3, 0.4) is 0 Å². The van der Waals surface area contributed by atoms with Gasteiger partial charge in [0.05, 0.1) is 11.5 Å². The van der Waals surface area contributed by atoms with Gasteiger partial charge in [0.25, 0.3) is 0 Å². The Labute approximate surface area is 107 Å². The minimum atomic E-state index is -2.91. The molecule has 4 nitrogen and oxygen atoms in total. The van der Waals surface area contributed by atoms with E-state index in [-0.39, 0.29) is 17.3 Å². The molecule has 0 radical (unpaired) electrons. The molecule has 1 aromatic carbocycles. The van der Waals surface area contributed by atoms with Crippen molar-refractivity contribution in [3.63, 3.8) is 0 Å². The number of halogens is 1. The lowest BCUT2D eigenvalue weighted by atomic mass is 10.1. The van der Waals surface area contributed by atoms with Gasteiger partial charge in [-0.25, -0.2) is 12.8 Å². The summed E-state index contributed by atoms with van der Waals surface area (Å²) in [5.74, 6) is 0.0892. The molecular weight excluding hydrogens is 255 g/mol. The van der Waals surface area contributed by atoms with Crippen molar-refractivity contribution in [2.75, 3.05) is 30.3 Å². The Morgan fingerprint density at radius 2 is 2.06 bits per heavy atom. The molecule has 0 bridgehead atoms. The summed E-state index contributed by atoms with van der Waals surface area (Å²) in [5.41, 5.74) is 7.05. The monoisotopic (exact) mass is 272 g/mol. The number of nitrogen functional groups attached to an aromatic ring is 1. The maximum Gasteiger partial charge on any atom is 0.151 e. The maximum absolute atomic E-state index is 13.1. The minimum Gasteiger partial charge on any atom is -0.398 e. The number of nitrogens with two attached hydrogens (primary N) is 1. The first-order valence-electron chi connectivity index (χ1n) is 5.93. The van der Waals surface area contributed by atoms with Crippen LogP contribution in [0.4, 0.5) is 10.1 Å². The summed E-state index contributed by atoms with van der Waals surface area (Å²) in [6.07, 6.45) is 0.623. The summed E-state index contributed by atoms with van der Waals surface area (Å²) in [6.45, 7) is 1.69. The van der Waals surface area contributed by atoms with Crippen molar-refractivity contribution in [3.8, 4) is 0 Å². The van der Waals surface area contributed by atoms with Gasteiger partial charge in [0.15, 0.2) is 9.84 Å². The molecule has 18 heavy (non-hydrogen) atoms. The molecule has 1 heterocycles. The highest BCUT2D eigenvalue weighted by Crippen LogP contribution is 2.17. The average Bonchev–Trinajstić information content (AvgIpc) is 2.46. The van der Waals surface area contributed by atoms with Gasteiger partial charge in [0, 0.05) is 18.8 Å². The number of rotatable bonds is 2. The van der Waals surface area contributed by atoms with Crippen molar-refractivity contribution in [1.82, 2.24) is 4.90 Å². The number of nitrogens with zero attached hydrogens (tertiary/aromatic N) is 1. The summed E-state index contributed by atoms with van der Waals surface area (Å²) in [4.78, 5) is 2.01. The summed E-state index contributed by atoms with van der Waals surface area (Å²) >= 11 is 0. The van der Waals surface area contributed by atoms with Crippen LogP contribution < -0.4 is 5.73 Å². The molecule has 0 unspecified atom stereocenters. The van der Waals surface area contributed by atoms with E-state index < -0.39 is 9.84 Å². The zero-order valence-corrected chi connectivity index (χ0v) is 10.9. The summed E-state index contributed by atoms with van der Waals surface area (Å²) in [5, 5.41) is 0. The van der Waals surface area contributed by atoms with Crippen LogP contribution >= 0.6 is 0 Å². The summed E-state index contributed by atoms with van der Waals surface area (Å²) in [7, 11) is -2.91. The van der Waals surface area contributed by atoms with Crippen LogP contribution in [0.2, 0.25) is 0 Å². The first-order chi connectivity index (χ1) is 8.46. The first-order valence-corrected chi connectivity index (χ1v) is 7.75. The van der Waals surface area contributed by atoms with Crippen LogP contribution in [0, 0.1) is 5.82 Å². The van der Waals surface area contributed by atoms with Gasteiger partial charge in [0.1, 0.15) is 5.82 Å². The van der Waals surface area contributed by atoms with Crippen LogP contribution in [0.25, 0.3) is 0 Å². The van der Waals surface area contributed by atoms with Gasteiger partial charge in [-0.2, -0.15) is 0 Å². The van der Waals surface area contributed by atoms with E-state index >= 15 is 0 Å². The third kappa shape index (κ3) is 3.43. The fourth-order valence-electron chi connectivity index (χ4n) is 2.10. The highest BCUT2D eigenvalue weighted by molar-refractivity contribution is 7.91. The maximum atomic E-state index is 13.1. The van der Waals surface area contributed by atoms with Crippen LogP contribution in [0.15, 0.2) is 18.2 Å². The fraction of sp³-hybridized carbons (Fsp3) is 0.500. The van der Waals surface area contributed by atoms with Gasteiger partial charge in [-0.1, -0.05) is 0 Å². The number of hydrogen-bond donors (Lipinski definition) is 1. The Kier molecular flexibility index (Phi) is 3.87. The van der Waals surface area contributed by atoms with Gasteiger partial charge in [-0.15, -0.1) is 0 Å². The van der Waals surface area contributed by atoms with E-state index in [4.69, 9.17) is 5.73 Å². The molecule has 1 aliphatic rings. The van der Waals surface area contributed by atoms with Crippen molar-refractivity contribution in [2.24, 2.45) is 0 Å². The van der Waals surface area contributed by atoms with Gasteiger partial charge >= 0.3 is 0 Å². The lowest BCUT2D eigenvalue weighted by Crippen LogP contribution is -2.27. The molecule has 6 heteroatoms. The molecule has 100 valence electrons. The van der Waals surface area contributed by atoms with Crippen molar-refractivity contribution in [2.45, 2.75) is 13.0 Å². The molecule has 0 aromatic heterocycles. The highest BCUT2D eigenvalue weighted by Gasteiger charge is 2.19. The van der Waals surface area contributed by atoms with Crippen molar-refractivity contribution < 1.29 is 12.8 Å². The van der Waals surface area contributed by atoms with E-state index in [2.05, 4.69) is 0 Å². The third-order valence-electron chi connectivity index (χ3n) is 3.15. The molecule has 1 aliphatic heterocycles. The molecule has 0 saturated carbocycles. The van der Waals surface area contributed by atoms with Crippen molar-refractivity contribution >= 4 is 15.5 Å². The average molecular weight is 272 g/mol. The lowest BCUT2D eigenvalue weighted by Gasteiger charge is -2.20. The first kappa shape index (κ1) is 13.3. The van der Waals surface area contributed by atoms with E-state index in [0.717, 1.165) is 0 Å². The lowest BCUT2D eigenvalue weighted by molar-refractivity contribution is 0.287. The Morgan fingerprint density at radius 1 is 1.28 bits per heavy atom. The normalized spacial score (nSPS) is 20.5. The molecule has 2 rings (SSSR count). The van der Waals surface area contributed by atoms with Crippen LogP contribution in [0.5, 0.6) is 0 Å². The van der Waals surface area contributed by atoms with E-state index in [1.54, 1.807) is 6.07 Å².